The van der Waals surface area contributed by atoms with Gasteiger partial charge in [-0.25, -0.2) is 19.4 Å². The van der Waals surface area contributed by atoms with Gasteiger partial charge in [0.05, 0.1) is 31.2 Å². The fraction of sp³-hybridized carbons (Fsp3) is 0.217. The summed E-state index contributed by atoms with van der Waals surface area (Å²) >= 11 is 1.46. The Morgan fingerprint density at radius 2 is 1.88 bits per heavy atom. The molecule has 0 spiro atoms. The van der Waals surface area contributed by atoms with Crippen LogP contribution in [0.25, 0.3) is 16.4 Å². The average Bonchev–Trinajstić information content (AvgIpc) is 3.42. The highest BCUT2D eigenvalue weighted by molar-refractivity contribution is 7.13. The lowest BCUT2D eigenvalue weighted by Crippen LogP contribution is -2.08. The molecule has 32 heavy (non-hydrogen) atoms. The van der Waals surface area contributed by atoms with Crippen LogP contribution in [-0.2, 0) is 11.3 Å². The molecule has 0 fully saturated rings. The van der Waals surface area contributed by atoms with E-state index in [1.807, 2.05) is 43.5 Å². The van der Waals surface area contributed by atoms with Gasteiger partial charge in [-0.2, -0.15) is 5.10 Å². The third-order valence-corrected chi connectivity index (χ3v) is 5.68. The molecule has 4 aromatic rings. The molecule has 9 heteroatoms. The van der Waals surface area contributed by atoms with Crippen LogP contribution in [0.3, 0.4) is 0 Å². The molecule has 0 unspecified atom stereocenters. The van der Waals surface area contributed by atoms with E-state index in [4.69, 9.17) is 14.2 Å². The van der Waals surface area contributed by atoms with Crippen LogP contribution in [-0.4, -0.2) is 39.9 Å². The summed E-state index contributed by atoms with van der Waals surface area (Å²) in [6.07, 6.45) is 1.49. The van der Waals surface area contributed by atoms with E-state index in [9.17, 15) is 4.79 Å². The lowest BCUT2D eigenvalue weighted by Gasteiger charge is -2.08. The Balaban J connectivity index is 1.41. The molecule has 0 saturated heterocycles. The smallest absolute Gasteiger partial charge is 0.340 e. The summed E-state index contributed by atoms with van der Waals surface area (Å²) in [6, 6.07) is 11.0. The first kappa shape index (κ1) is 21.5. The summed E-state index contributed by atoms with van der Waals surface area (Å²) in [7, 11) is 3.18. The number of aromatic nitrogens is 4. The van der Waals surface area contributed by atoms with Gasteiger partial charge in [-0.05, 0) is 50.2 Å². The minimum Gasteiger partial charge on any atom is -0.493 e. The van der Waals surface area contributed by atoms with E-state index < -0.39 is 5.97 Å². The summed E-state index contributed by atoms with van der Waals surface area (Å²) in [4.78, 5) is 21.3. The summed E-state index contributed by atoms with van der Waals surface area (Å²) < 4.78 is 17.8. The standard InChI is InChI=1S/C23H22N4O4S/c1-14-9-15(2)27(26-14)21-8-6-17(11-24-21)23(28)31-12-18-13-32-22(25-18)16-5-7-19(29-3)20(10-16)30-4/h5-11,13H,12H2,1-4H3. The SMILES string of the molecule is COc1ccc(-c2nc(COC(=O)c3ccc(-n4nc(C)cc4C)nc3)cs2)cc1OC. The fourth-order valence-electron chi connectivity index (χ4n) is 3.19. The monoisotopic (exact) mass is 450 g/mol. The minimum atomic E-state index is -0.460. The molecule has 3 aromatic heterocycles. The second-order valence-electron chi connectivity index (χ2n) is 7.03. The first-order valence-electron chi connectivity index (χ1n) is 9.82. The van der Waals surface area contributed by atoms with Crippen LogP contribution in [0.2, 0.25) is 0 Å². The normalized spacial score (nSPS) is 10.8. The zero-order chi connectivity index (χ0) is 22.7. The van der Waals surface area contributed by atoms with E-state index in [1.54, 1.807) is 31.0 Å². The molecule has 164 valence electrons. The van der Waals surface area contributed by atoms with Crippen molar-refractivity contribution in [2.45, 2.75) is 20.5 Å². The van der Waals surface area contributed by atoms with Crippen LogP contribution in [0.15, 0.2) is 48.0 Å². The van der Waals surface area contributed by atoms with Crippen LogP contribution in [0.1, 0.15) is 27.4 Å². The maximum Gasteiger partial charge on any atom is 0.340 e. The topological polar surface area (TPSA) is 88.4 Å². The number of thiazole rings is 1. The van der Waals surface area contributed by atoms with Gasteiger partial charge in [0.1, 0.15) is 11.6 Å². The number of pyridine rings is 1. The van der Waals surface area contributed by atoms with Crippen molar-refractivity contribution in [3.63, 3.8) is 0 Å². The highest BCUT2D eigenvalue weighted by Crippen LogP contribution is 2.33. The molecule has 0 bridgehead atoms. The van der Waals surface area contributed by atoms with Gasteiger partial charge in [-0.15, -0.1) is 11.3 Å². The molecule has 0 atom stereocenters. The summed E-state index contributed by atoms with van der Waals surface area (Å²) in [5.41, 5.74) is 3.81. The van der Waals surface area contributed by atoms with Crippen molar-refractivity contribution in [2.75, 3.05) is 14.2 Å². The van der Waals surface area contributed by atoms with Gasteiger partial charge < -0.3 is 14.2 Å². The number of nitrogens with zero attached hydrogens (tertiary/aromatic N) is 4. The second-order valence-corrected chi connectivity index (χ2v) is 7.89. The lowest BCUT2D eigenvalue weighted by atomic mass is 10.2. The second kappa shape index (κ2) is 9.19. The third kappa shape index (κ3) is 4.47. The van der Waals surface area contributed by atoms with Crippen molar-refractivity contribution in [3.8, 4) is 27.9 Å². The van der Waals surface area contributed by atoms with E-state index in [0.29, 0.717) is 28.6 Å². The molecular weight excluding hydrogens is 428 g/mol. The molecule has 4 rings (SSSR count). The van der Waals surface area contributed by atoms with Crippen molar-refractivity contribution in [2.24, 2.45) is 0 Å². The Kier molecular flexibility index (Phi) is 6.18. The van der Waals surface area contributed by atoms with E-state index in [0.717, 1.165) is 22.0 Å². The van der Waals surface area contributed by atoms with Gasteiger partial charge in [-0.3, -0.25) is 0 Å². The zero-order valence-corrected chi connectivity index (χ0v) is 19.0. The lowest BCUT2D eigenvalue weighted by molar-refractivity contribution is 0.0468. The molecule has 1 aromatic carbocycles. The number of methoxy groups -OCH3 is 2. The fourth-order valence-corrected chi connectivity index (χ4v) is 3.99. The van der Waals surface area contributed by atoms with Gasteiger partial charge in [0, 0.05) is 22.8 Å². The number of ether oxygens (including phenoxy) is 3. The Hall–Kier alpha value is -3.72. The Labute approximate surface area is 189 Å². The number of hydrogen-bond acceptors (Lipinski definition) is 8. The quantitative estimate of drug-likeness (QED) is 0.386. The minimum absolute atomic E-state index is 0.0713. The Morgan fingerprint density at radius 3 is 2.53 bits per heavy atom. The van der Waals surface area contributed by atoms with E-state index >= 15 is 0 Å². The highest BCUT2D eigenvalue weighted by Gasteiger charge is 2.13. The third-order valence-electron chi connectivity index (χ3n) is 4.74. The van der Waals surface area contributed by atoms with Gasteiger partial charge >= 0.3 is 5.97 Å². The molecule has 8 nitrogen and oxygen atoms in total. The van der Waals surface area contributed by atoms with E-state index in [1.165, 1.54) is 17.5 Å². The average molecular weight is 451 g/mol. The molecular formula is C23H22N4O4S. The van der Waals surface area contributed by atoms with Crippen LogP contribution in [0.5, 0.6) is 11.5 Å². The van der Waals surface area contributed by atoms with Crippen molar-refractivity contribution in [1.29, 1.82) is 0 Å². The maximum absolute atomic E-state index is 12.4. The summed E-state index contributed by atoms with van der Waals surface area (Å²) in [5, 5.41) is 7.06. The van der Waals surface area contributed by atoms with Crippen LogP contribution in [0.4, 0.5) is 0 Å². The van der Waals surface area contributed by atoms with Crippen LogP contribution < -0.4 is 9.47 Å². The van der Waals surface area contributed by atoms with Crippen molar-refractivity contribution < 1.29 is 19.0 Å². The van der Waals surface area contributed by atoms with Gasteiger partial charge in [0.25, 0.3) is 0 Å². The predicted molar refractivity (Wildman–Crippen MR) is 121 cm³/mol. The Morgan fingerprint density at radius 1 is 1.06 bits per heavy atom. The number of rotatable bonds is 7. The molecule has 0 radical (unpaired) electrons. The van der Waals surface area contributed by atoms with Crippen molar-refractivity contribution in [3.05, 3.63) is 70.6 Å². The molecule has 0 saturated carbocycles. The van der Waals surface area contributed by atoms with E-state index in [2.05, 4.69) is 15.1 Å². The van der Waals surface area contributed by atoms with Crippen LogP contribution in [0, 0.1) is 13.8 Å². The molecule has 3 heterocycles. The predicted octanol–water partition coefficient (Wildman–Crippen LogP) is 4.38. The Bertz CT molecular complexity index is 1250. The van der Waals surface area contributed by atoms with Gasteiger partial charge in [-0.1, -0.05) is 0 Å². The summed E-state index contributed by atoms with van der Waals surface area (Å²) in [6.45, 7) is 3.94. The van der Waals surface area contributed by atoms with Gasteiger partial charge in [0.2, 0.25) is 0 Å². The number of carbonyl (C=O) groups is 1. The first-order chi connectivity index (χ1) is 15.5. The number of carbonyl (C=O) groups excluding carboxylic acids is 1. The maximum atomic E-state index is 12.4. The van der Waals surface area contributed by atoms with Gasteiger partial charge in [0.15, 0.2) is 17.3 Å². The van der Waals surface area contributed by atoms with Crippen LogP contribution >= 0.6 is 11.3 Å². The number of benzene rings is 1. The highest BCUT2D eigenvalue weighted by atomic mass is 32.1. The molecule has 0 N–H and O–H groups in total. The number of hydrogen-bond donors (Lipinski definition) is 0. The summed E-state index contributed by atoms with van der Waals surface area (Å²) in [5.74, 6) is 1.47. The van der Waals surface area contributed by atoms with Crippen molar-refractivity contribution in [1.82, 2.24) is 19.7 Å². The molecule has 0 amide bonds. The largest absolute Gasteiger partial charge is 0.493 e. The zero-order valence-electron chi connectivity index (χ0n) is 18.2. The first-order valence-corrected chi connectivity index (χ1v) is 10.7. The number of aryl methyl sites for hydroxylation is 2. The molecule has 0 aliphatic carbocycles. The molecule has 0 aliphatic heterocycles. The molecule has 0 aliphatic rings. The van der Waals surface area contributed by atoms with E-state index in [-0.39, 0.29) is 6.61 Å². The van der Waals surface area contributed by atoms with Crippen molar-refractivity contribution >= 4 is 17.3 Å². The number of esters is 1.